The van der Waals surface area contributed by atoms with Crippen LogP contribution in [0.5, 0.6) is 0 Å². The fourth-order valence-electron chi connectivity index (χ4n) is 3.56. The molecule has 0 aromatic rings. The van der Waals surface area contributed by atoms with E-state index in [1.54, 1.807) is 0 Å². The lowest BCUT2D eigenvalue weighted by molar-refractivity contribution is -0.148. The van der Waals surface area contributed by atoms with Crippen molar-refractivity contribution < 1.29 is 9.90 Å². The van der Waals surface area contributed by atoms with Crippen molar-refractivity contribution in [3.05, 3.63) is 0 Å². The number of nitrogens with zero attached hydrogens (tertiary/aromatic N) is 1. The molecule has 0 heterocycles. The molecule has 0 spiro atoms. The standard InChI is InChI=1S/C18H35NO2/c1-8-17(3,4)13-10-11-14(16(20)21)15(12-13)19(7)18(5,6)9-2/h13-15H,8-12H2,1-7H3,(H,20,21). The maximum Gasteiger partial charge on any atom is 0.308 e. The van der Waals surface area contributed by atoms with Gasteiger partial charge in [-0.05, 0) is 57.9 Å². The quantitative estimate of drug-likeness (QED) is 0.789. The molecule has 1 saturated carbocycles. The highest BCUT2D eigenvalue weighted by Crippen LogP contribution is 2.44. The lowest BCUT2D eigenvalue weighted by Crippen LogP contribution is -2.54. The third kappa shape index (κ3) is 4.00. The smallest absolute Gasteiger partial charge is 0.308 e. The van der Waals surface area contributed by atoms with E-state index in [0.29, 0.717) is 11.3 Å². The van der Waals surface area contributed by atoms with Gasteiger partial charge in [-0.2, -0.15) is 0 Å². The van der Waals surface area contributed by atoms with Crippen molar-refractivity contribution in [2.24, 2.45) is 17.3 Å². The third-order valence-corrected chi connectivity index (χ3v) is 6.47. The van der Waals surface area contributed by atoms with Gasteiger partial charge in [0.05, 0.1) is 5.92 Å². The summed E-state index contributed by atoms with van der Waals surface area (Å²) in [6.07, 6.45) is 5.07. The first kappa shape index (κ1) is 18.5. The highest BCUT2D eigenvalue weighted by atomic mass is 16.4. The molecule has 3 nitrogen and oxygen atoms in total. The molecular weight excluding hydrogens is 262 g/mol. The Balaban J connectivity index is 3.00. The van der Waals surface area contributed by atoms with E-state index in [2.05, 4.69) is 53.5 Å². The summed E-state index contributed by atoms with van der Waals surface area (Å²) in [5.74, 6) is -0.213. The maximum atomic E-state index is 11.7. The number of hydrogen-bond donors (Lipinski definition) is 1. The van der Waals surface area contributed by atoms with Gasteiger partial charge >= 0.3 is 5.97 Å². The van der Waals surface area contributed by atoms with Gasteiger partial charge in [0.15, 0.2) is 0 Å². The number of carboxylic acid groups (broad SMARTS) is 1. The molecule has 0 aromatic carbocycles. The predicted octanol–water partition coefficient (Wildman–Crippen LogP) is 4.41. The molecule has 0 amide bonds. The van der Waals surface area contributed by atoms with Gasteiger partial charge < -0.3 is 5.11 Å². The van der Waals surface area contributed by atoms with Gasteiger partial charge in [-0.1, -0.05) is 34.1 Å². The summed E-state index contributed by atoms with van der Waals surface area (Å²) in [7, 11) is 2.12. The summed E-state index contributed by atoms with van der Waals surface area (Å²) >= 11 is 0. The van der Waals surface area contributed by atoms with Crippen LogP contribution in [0.15, 0.2) is 0 Å². The van der Waals surface area contributed by atoms with E-state index >= 15 is 0 Å². The van der Waals surface area contributed by atoms with Crippen LogP contribution >= 0.6 is 0 Å². The molecule has 1 fully saturated rings. The van der Waals surface area contributed by atoms with Gasteiger partial charge in [-0.15, -0.1) is 0 Å². The average Bonchev–Trinajstić information content (AvgIpc) is 2.45. The fraction of sp³-hybridized carbons (Fsp3) is 0.944. The Bertz CT molecular complexity index is 362. The monoisotopic (exact) mass is 297 g/mol. The minimum atomic E-state index is -0.619. The molecule has 124 valence electrons. The largest absolute Gasteiger partial charge is 0.481 e. The second kappa shape index (κ2) is 6.68. The van der Waals surface area contributed by atoms with Gasteiger partial charge in [0, 0.05) is 11.6 Å². The summed E-state index contributed by atoms with van der Waals surface area (Å²) in [5.41, 5.74) is 0.357. The van der Waals surface area contributed by atoms with Crippen molar-refractivity contribution in [2.45, 2.75) is 85.2 Å². The summed E-state index contributed by atoms with van der Waals surface area (Å²) < 4.78 is 0. The molecule has 0 bridgehead atoms. The SMILES string of the molecule is CCC(C)(C)C1CCC(C(=O)O)C(N(C)C(C)(C)CC)C1. The molecule has 3 atom stereocenters. The second-order valence-corrected chi connectivity index (χ2v) is 8.14. The van der Waals surface area contributed by atoms with Crippen LogP contribution in [0.1, 0.15) is 73.6 Å². The molecule has 21 heavy (non-hydrogen) atoms. The minimum Gasteiger partial charge on any atom is -0.481 e. The van der Waals surface area contributed by atoms with Gasteiger partial charge in [0.2, 0.25) is 0 Å². The van der Waals surface area contributed by atoms with E-state index in [0.717, 1.165) is 32.1 Å². The van der Waals surface area contributed by atoms with Crippen LogP contribution in [0.4, 0.5) is 0 Å². The van der Waals surface area contributed by atoms with Crippen LogP contribution in [0.25, 0.3) is 0 Å². The van der Waals surface area contributed by atoms with Crippen LogP contribution < -0.4 is 0 Å². The van der Waals surface area contributed by atoms with Crippen molar-refractivity contribution in [3.63, 3.8) is 0 Å². The Morgan fingerprint density at radius 2 is 1.71 bits per heavy atom. The molecule has 1 rings (SSSR count). The van der Waals surface area contributed by atoms with Crippen LogP contribution in [-0.4, -0.2) is 34.6 Å². The van der Waals surface area contributed by atoms with E-state index < -0.39 is 5.97 Å². The zero-order valence-electron chi connectivity index (χ0n) is 15.1. The molecule has 1 aliphatic carbocycles. The third-order valence-electron chi connectivity index (χ3n) is 6.47. The molecule has 3 heteroatoms. The lowest BCUT2D eigenvalue weighted by atomic mass is 9.65. The molecule has 0 radical (unpaired) electrons. The van der Waals surface area contributed by atoms with E-state index in [4.69, 9.17) is 0 Å². The van der Waals surface area contributed by atoms with Crippen LogP contribution in [-0.2, 0) is 4.79 Å². The highest BCUT2D eigenvalue weighted by Gasteiger charge is 2.44. The van der Waals surface area contributed by atoms with E-state index in [-0.39, 0.29) is 17.5 Å². The average molecular weight is 297 g/mol. The van der Waals surface area contributed by atoms with E-state index in [9.17, 15) is 9.90 Å². The first-order valence-electron chi connectivity index (χ1n) is 8.52. The van der Waals surface area contributed by atoms with Crippen molar-refractivity contribution in [3.8, 4) is 0 Å². The lowest BCUT2D eigenvalue weighted by Gasteiger charge is -2.49. The molecule has 1 N–H and O–H groups in total. The van der Waals surface area contributed by atoms with Gasteiger partial charge in [0.25, 0.3) is 0 Å². The molecular formula is C18H35NO2. The minimum absolute atomic E-state index is 0.0522. The summed E-state index contributed by atoms with van der Waals surface area (Å²) in [6, 6.07) is 0.155. The molecule has 0 aliphatic heterocycles. The van der Waals surface area contributed by atoms with Crippen molar-refractivity contribution in [1.29, 1.82) is 0 Å². The topological polar surface area (TPSA) is 40.5 Å². The summed E-state index contributed by atoms with van der Waals surface area (Å²) in [6.45, 7) is 13.5. The Morgan fingerprint density at radius 1 is 1.14 bits per heavy atom. The molecule has 0 aromatic heterocycles. The van der Waals surface area contributed by atoms with Crippen molar-refractivity contribution >= 4 is 5.97 Å². The molecule has 0 saturated heterocycles. The highest BCUT2D eigenvalue weighted by molar-refractivity contribution is 5.71. The van der Waals surface area contributed by atoms with Crippen molar-refractivity contribution in [2.75, 3.05) is 7.05 Å². The Labute approximate surface area is 131 Å². The first-order valence-corrected chi connectivity index (χ1v) is 8.52. The van der Waals surface area contributed by atoms with Gasteiger partial charge in [-0.25, -0.2) is 0 Å². The summed E-state index contributed by atoms with van der Waals surface area (Å²) in [5, 5.41) is 9.62. The van der Waals surface area contributed by atoms with Gasteiger partial charge in [-0.3, -0.25) is 9.69 Å². The number of aliphatic carboxylic acids is 1. The van der Waals surface area contributed by atoms with Crippen LogP contribution in [0.3, 0.4) is 0 Å². The number of carboxylic acids is 1. The second-order valence-electron chi connectivity index (χ2n) is 8.14. The normalized spacial score (nSPS) is 27.9. The maximum absolute atomic E-state index is 11.7. The molecule has 3 unspecified atom stereocenters. The zero-order chi connectivity index (χ0) is 16.4. The van der Waals surface area contributed by atoms with E-state index in [1.807, 2.05) is 0 Å². The summed E-state index contributed by atoms with van der Waals surface area (Å²) in [4.78, 5) is 14.0. The number of rotatable bonds is 6. The zero-order valence-corrected chi connectivity index (χ0v) is 15.1. The Kier molecular flexibility index (Phi) is 5.88. The molecule has 1 aliphatic rings. The number of carbonyl (C=O) groups is 1. The van der Waals surface area contributed by atoms with E-state index in [1.165, 1.54) is 0 Å². The number of hydrogen-bond acceptors (Lipinski definition) is 2. The van der Waals surface area contributed by atoms with Crippen molar-refractivity contribution in [1.82, 2.24) is 4.90 Å². The van der Waals surface area contributed by atoms with Crippen LogP contribution in [0.2, 0.25) is 0 Å². The Hall–Kier alpha value is -0.570. The first-order chi connectivity index (χ1) is 9.56. The fourth-order valence-corrected chi connectivity index (χ4v) is 3.56. The van der Waals surface area contributed by atoms with Crippen LogP contribution in [0, 0.1) is 17.3 Å². The Morgan fingerprint density at radius 3 is 2.14 bits per heavy atom. The van der Waals surface area contributed by atoms with Gasteiger partial charge in [0.1, 0.15) is 0 Å². The predicted molar refractivity (Wildman–Crippen MR) is 88.5 cm³/mol.